The molecule has 0 atom stereocenters. The highest BCUT2D eigenvalue weighted by molar-refractivity contribution is 6.02. The number of amides is 2. The van der Waals surface area contributed by atoms with Crippen LogP contribution in [0.2, 0.25) is 0 Å². The molecule has 0 aliphatic carbocycles. The maximum atomic E-state index is 12.5. The van der Waals surface area contributed by atoms with E-state index in [0.717, 1.165) is 27.7 Å². The highest BCUT2D eigenvalue weighted by Gasteiger charge is 2.14. The van der Waals surface area contributed by atoms with Gasteiger partial charge in [0.1, 0.15) is 0 Å². The number of hydrogen-bond donors (Lipinski definition) is 2. The number of non-ortho nitro benzene ring substituents is 1. The van der Waals surface area contributed by atoms with Gasteiger partial charge in [-0.25, -0.2) is 5.43 Å². The summed E-state index contributed by atoms with van der Waals surface area (Å²) in [6.45, 7) is 3.92. The summed E-state index contributed by atoms with van der Waals surface area (Å²) in [5.41, 5.74) is 7.34. The van der Waals surface area contributed by atoms with Crippen LogP contribution in [0.1, 0.15) is 34.1 Å². The van der Waals surface area contributed by atoms with Gasteiger partial charge in [0, 0.05) is 59.0 Å². The Bertz CT molecular complexity index is 1440. The van der Waals surface area contributed by atoms with E-state index in [2.05, 4.69) is 20.4 Å². The first-order chi connectivity index (χ1) is 16.8. The van der Waals surface area contributed by atoms with Crippen LogP contribution >= 0.6 is 0 Å². The van der Waals surface area contributed by atoms with Gasteiger partial charge in [0.2, 0.25) is 5.91 Å². The molecule has 0 spiro atoms. The average molecular weight is 470 g/mol. The van der Waals surface area contributed by atoms with Crippen LogP contribution in [0.15, 0.2) is 77.9 Å². The van der Waals surface area contributed by atoms with E-state index < -0.39 is 4.92 Å². The number of hydrazone groups is 1. The fourth-order valence-corrected chi connectivity index (χ4v) is 3.86. The van der Waals surface area contributed by atoms with E-state index in [1.807, 2.05) is 31.2 Å². The molecule has 4 aromatic rings. The van der Waals surface area contributed by atoms with Gasteiger partial charge in [-0.2, -0.15) is 5.10 Å². The zero-order valence-corrected chi connectivity index (χ0v) is 19.2. The Hall–Kier alpha value is -4.79. The zero-order chi connectivity index (χ0) is 24.9. The van der Waals surface area contributed by atoms with Gasteiger partial charge in [0.05, 0.1) is 11.1 Å². The van der Waals surface area contributed by atoms with Gasteiger partial charge in [-0.05, 0) is 42.8 Å². The summed E-state index contributed by atoms with van der Waals surface area (Å²) in [5, 5.41) is 18.7. The Morgan fingerprint density at radius 3 is 2.37 bits per heavy atom. The van der Waals surface area contributed by atoms with E-state index in [0.29, 0.717) is 17.8 Å². The third-order valence-electron chi connectivity index (χ3n) is 5.59. The van der Waals surface area contributed by atoms with Gasteiger partial charge in [-0.15, -0.1) is 0 Å². The molecule has 0 fully saturated rings. The van der Waals surface area contributed by atoms with Crippen molar-refractivity contribution in [1.29, 1.82) is 0 Å². The van der Waals surface area contributed by atoms with Crippen LogP contribution in [0.3, 0.4) is 0 Å². The molecule has 1 aromatic heterocycles. The van der Waals surface area contributed by atoms with Gasteiger partial charge in [0.15, 0.2) is 0 Å². The number of carbonyl (C=O) groups is 2. The van der Waals surface area contributed by atoms with E-state index >= 15 is 0 Å². The van der Waals surface area contributed by atoms with Crippen LogP contribution < -0.4 is 10.7 Å². The molecule has 2 amide bonds. The van der Waals surface area contributed by atoms with E-state index in [9.17, 15) is 19.7 Å². The van der Waals surface area contributed by atoms with E-state index in [-0.39, 0.29) is 17.5 Å². The predicted octanol–water partition coefficient (Wildman–Crippen LogP) is 4.63. The topological polar surface area (TPSA) is 119 Å². The normalized spacial score (nSPS) is 11.0. The molecule has 2 N–H and O–H groups in total. The lowest BCUT2D eigenvalue weighted by Crippen LogP contribution is -2.17. The number of aromatic nitrogens is 1. The zero-order valence-electron chi connectivity index (χ0n) is 19.2. The molecule has 1 heterocycles. The second kappa shape index (κ2) is 10.0. The van der Waals surface area contributed by atoms with Crippen LogP contribution in [0, 0.1) is 17.0 Å². The second-order valence-corrected chi connectivity index (χ2v) is 7.98. The number of fused-ring (bicyclic) bond motifs is 1. The third kappa shape index (κ3) is 5.25. The van der Waals surface area contributed by atoms with Crippen LogP contribution in [-0.4, -0.2) is 27.5 Å². The van der Waals surface area contributed by atoms with Crippen LogP contribution in [0.4, 0.5) is 11.4 Å². The van der Waals surface area contributed by atoms with Gasteiger partial charge in [-0.1, -0.05) is 30.3 Å². The van der Waals surface area contributed by atoms with Crippen molar-refractivity contribution in [2.45, 2.75) is 20.4 Å². The number of benzene rings is 3. The Kier molecular flexibility index (Phi) is 6.68. The highest BCUT2D eigenvalue weighted by atomic mass is 16.6. The lowest BCUT2D eigenvalue weighted by Gasteiger charge is -2.08. The van der Waals surface area contributed by atoms with Gasteiger partial charge in [-0.3, -0.25) is 19.7 Å². The first kappa shape index (κ1) is 23.4. The molecular weight excluding hydrogens is 446 g/mol. The summed E-state index contributed by atoms with van der Waals surface area (Å²) < 4.78 is 2.11. The lowest BCUT2D eigenvalue weighted by molar-refractivity contribution is -0.384. The van der Waals surface area contributed by atoms with Crippen molar-refractivity contribution < 1.29 is 14.5 Å². The third-order valence-corrected chi connectivity index (χ3v) is 5.59. The van der Waals surface area contributed by atoms with Crippen molar-refractivity contribution in [1.82, 2.24) is 9.99 Å². The largest absolute Gasteiger partial charge is 0.340 e. The van der Waals surface area contributed by atoms with Crippen molar-refractivity contribution in [3.05, 3.63) is 105 Å². The van der Waals surface area contributed by atoms with Crippen molar-refractivity contribution in [2.75, 3.05) is 5.32 Å². The molecule has 0 aliphatic rings. The molecule has 35 heavy (non-hydrogen) atoms. The monoisotopic (exact) mass is 469 g/mol. The summed E-state index contributed by atoms with van der Waals surface area (Å²) in [6.07, 6.45) is 1.62. The van der Waals surface area contributed by atoms with Crippen LogP contribution in [-0.2, 0) is 11.3 Å². The number of rotatable bonds is 7. The molecule has 9 heteroatoms. The number of nitrogens with one attached hydrogen (secondary N) is 2. The van der Waals surface area contributed by atoms with Crippen LogP contribution in [0.25, 0.3) is 10.9 Å². The molecule has 4 rings (SSSR count). The molecule has 0 bridgehead atoms. The number of nitro groups is 1. The molecule has 9 nitrogen and oxygen atoms in total. The minimum Gasteiger partial charge on any atom is -0.340 e. The standard InChI is InChI=1S/C26H23N5O4/c1-17-24(15-27-29-26(33)20-9-11-21(12-10-20)28-18(2)32)23-5-3-4-6-25(23)30(17)16-19-7-13-22(14-8-19)31(34)35/h3-15H,16H2,1-2H3,(H,28,32)(H,29,33)/b27-15-. The molecule has 0 radical (unpaired) electrons. The minimum atomic E-state index is -0.416. The number of anilines is 1. The first-order valence-corrected chi connectivity index (χ1v) is 10.9. The van der Waals surface area contributed by atoms with E-state index in [1.54, 1.807) is 42.6 Å². The van der Waals surface area contributed by atoms with Crippen molar-refractivity contribution in [3.8, 4) is 0 Å². The van der Waals surface area contributed by atoms with Crippen molar-refractivity contribution in [3.63, 3.8) is 0 Å². The molecule has 176 valence electrons. The maximum Gasteiger partial charge on any atom is 0.271 e. The molecule has 0 saturated heterocycles. The molecule has 3 aromatic carbocycles. The maximum absolute atomic E-state index is 12.5. The fourth-order valence-electron chi connectivity index (χ4n) is 3.86. The number of nitro benzene ring substituents is 1. The predicted molar refractivity (Wildman–Crippen MR) is 135 cm³/mol. The van der Waals surface area contributed by atoms with Crippen molar-refractivity contribution in [2.24, 2.45) is 5.10 Å². The number of hydrogen-bond acceptors (Lipinski definition) is 5. The van der Waals surface area contributed by atoms with E-state index in [4.69, 9.17) is 0 Å². The van der Waals surface area contributed by atoms with E-state index in [1.165, 1.54) is 19.1 Å². The number of carbonyl (C=O) groups excluding carboxylic acids is 2. The summed E-state index contributed by atoms with van der Waals surface area (Å²) in [6, 6.07) is 20.9. The first-order valence-electron chi connectivity index (χ1n) is 10.9. The lowest BCUT2D eigenvalue weighted by atomic mass is 10.1. The summed E-state index contributed by atoms with van der Waals surface area (Å²) >= 11 is 0. The Balaban J connectivity index is 1.54. The quantitative estimate of drug-likeness (QED) is 0.233. The summed E-state index contributed by atoms with van der Waals surface area (Å²) in [7, 11) is 0. The van der Waals surface area contributed by atoms with Gasteiger partial charge >= 0.3 is 0 Å². The summed E-state index contributed by atoms with van der Waals surface area (Å²) in [5.74, 6) is -0.558. The minimum absolute atomic E-state index is 0.0520. The van der Waals surface area contributed by atoms with Gasteiger partial charge in [0.25, 0.3) is 11.6 Å². The highest BCUT2D eigenvalue weighted by Crippen LogP contribution is 2.26. The fraction of sp³-hybridized carbons (Fsp3) is 0.115. The second-order valence-electron chi connectivity index (χ2n) is 7.98. The number of nitrogens with zero attached hydrogens (tertiary/aromatic N) is 3. The smallest absolute Gasteiger partial charge is 0.271 e. The van der Waals surface area contributed by atoms with Crippen LogP contribution in [0.5, 0.6) is 0 Å². The molecule has 0 unspecified atom stereocenters. The average Bonchev–Trinajstić information content (AvgIpc) is 3.10. The Morgan fingerprint density at radius 2 is 1.71 bits per heavy atom. The number of para-hydroxylation sites is 1. The Morgan fingerprint density at radius 1 is 1.03 bits per heavy atom. The SMILES string of the molecule is CC(=O)Nc1ccc(C(=O)N/N=C\c2c(C)n(Cc3ccc([N+](=O)[O-])cc3)c3ccccc23)cc1. The van der Waals surface area contributed by atoms with Crippen molar-refractivity contribution >= 4 is 40.3 Å². The Labute approximate surface area is 201 Å². The molecular formula is C26H23N5O4. The van der Waals surface area contributed by atoms with Gasteiger partial charge < -0.3 is 9.88 Å². The molecule has 0 saturated carbocycles. The molecule has 0 aliphatic heterocycles. The summed E-state index contributed by atoms with van der Waals surface area (Å²) in [4.78, 5) is 34.1.